The monoisotopic (exact) mass is 371 g/mol. The second kappa shape index (κ2) is 6.92. The Morgan fingerprint density at radius 1 is 1.23 bits per heavy atom. The van der Waals surface area contributed by atoms with Gasteiger partial charge in [-0.1, -0.05) is 42.1 Å². The summed E-state index contributed by atoms with van der Waals surface area (Å²) < 4.78 is 13.0. The highest BCUT2D eigenvalue weighted by atomic mass is 32.2. The molecular weight excluding hydrogens is 353 g/mol. The smallest absolute Gasteiger partial charge is 0.248 e. The number of nitrogens with zero attached hydrogens (tertiary/aromatic N) is 1. The van der Waals surface area contributed by atoms with Crippen LogP contribution in [0.1, 0.15) is 41.4 Å². The first-order valence-electron chi connectivity index (χ1n) is 8.04. The Morgan fingerprint density at radius 3 is 2.50 bits per heavy atom. The lowest BCUT2D eigenvalue weighted by atomic mass is 9.98. The second-order valence-corrected chi connectivity index (χ2v) is 7.57. The molecule has 26 heavy (non-hydrogen) atoms. The summed E-state index contributed by atoms with van der Waals surface area (Å²) in [5.74, 6) is -1.07. The van der Waals surface area contributed by atoms with Crippen molar-refractivity contribution in [3.63, 3.8) is 0 Å². The molecule has 1 heterocycles. The van der Waals surface area contributed by atoms with Gasteiger partial charge < -0.3 is 11.1 Å². The van der Waals surface area contributed by atoms with Gasteiger partial charge in [-0.3, -0.25) is 14.6 Å². The van der Waals surface area contributed by atoms with E-state index in [-0.39, 0.29) is 11.7 Å². The third-order valence-corrected chi connectivity index (χ3v) is 5.57. The Labute approximate surface area is 154 Å². The zero-order chi connectivity index (χ0) is 18.9. The molecule has 2 amide bonds. The number of nitrogens with two attached hydrogens (primary N) is 1. The molecular formula is C19H18FN3O2S. The molecule has 1 saturated heterocycles. The van der Waals surface area contributed by atoms with Crippen LogP contribution in [0.25, 0.3) is 0 Å². The van der Waals surface area contributed by atoms with E-state index in [0.717, 1.165) is 5.56 Å². The fourth-order valence-electron chi connectivity index (χ4n) is 2.74. The van der Waals surface area contributed by atoms with Crippen molar-refractivity contribution in [2.75, 3.05) is 0 Å². The lowest BCUT2D eigenvalue weighted by Gasteiger charge is -2.19. The number of thioether (sulfide) groups is 1. The van der Waals surface area contributed by atoms with Gasteiger partial charge in [-0.2, -0.15) is 0 Å². The van der Waals surface area contributed by atoms with Gasteiger partial charge in [0.25, 0.3) is 0 Å². The topological polar surface area (TPSA) is 84.6 Å². The largest absolute Gasteiger partial charge is 0.366 e. The van der Waals surface area contributed by atoms with Crippen LogP contribution in [0.3, 0.4) is 0 Å². The Balaban J connectivity index is 1.85. The minimum atomic E-state index is -0.885. The predicted octanol–water partition coefficient (Wildman–Crippen LogP) is 3.12. The summed E-state index contributed by atoms with van der Waals surface area (Å²) in [4.78, 5) is 28.2. The average Bonchev–Trinajstić information content (AvgIpc) is 2.90. The number of amides is 2. The van der Waals surface area contributed by atoms with Gasteiger partial charge in [-0.15, -0.1) is 0 Å². The molecule has 0 bridgehead atoms. The number of primary amides is 1. The quantitative estimate of drug-likeness (QED) is 0.866. The first-order valence-corrected chi connectivity index (χ1v) is 8.86. The Morgan fingerprint density at radius 2 is 1.88 bits per heavy atom. The van der Waals surface area contributed by atoms with Gasteiger partial charge in [0.15, 0.2) is 5.17 Å². The molecule has 2 aromatic carbocycles. The van der Waals surface area contributed by atoms with Crippen LogP contribution in [0.5, 0.6) is 0 Å². The molecule has 2 atom stereocenters. The molecule has 0 radical (unpaired) electrons. The molecule has 0 aliphatic carbocycles. The highest BCUT2D eigenvalue weighted by Crippen LogP contribution is 2.41. The number of hydrogen-bond donors (Lipinski definition) is 2. The van der Waals surface area contributed by atoms with Crippen molar-refractivity contribution in [3.05, 3.63) is 71.0 Å². The Kier molecular flexibility index (Phi) is 4.82. The van der Waals surface area contributed by atoms with Gasteiger partial charge in [0.1, 0.15) is 10.6 Å². The van der Waals surface area contributed by atoms with E-state index >= 15 is 0 Å². The third kappa shape index (κ3) is 3.35. The van der Waals surface area contributed by atoms with Gasteiger partial charge in [0, 0.05) is 11.1 Å². The summed E-state index contributed by atoms with van der Waals surface area (Å²) in [5.41, 5.74) is 6.82. The number of rotatable bonds is 4. The number of carbonyl (C=O) groups is 2. The number of carbonyl (C=O) groups excluding carboxylic acids is 2. The van der Waals surface area contributed by atoms with E-state index in [1.54, 1.807) is 56.3 Å². The normalized spacial score (nSPS) is 22.3. The molecule has 1 unspecified atom stereocenters. The third-order valence-electron chi connectivity index (χ3n) is 4.34. The number of benzene rings is 2. The molecule has 3 rings (SSSR count). The van der Waals surface area contributed by atoms with Crippen LogP contribution in [-0.4, -0.2) is 17.0 Å². The SMILES string of the molecule is C[C@H](N=C1NC(=O)C(C)(c2ccc(C(N)=O)cc2)S1)c1ccccc1F. The van der Waals surface area contributed by atoms with E-state index in [1.165, 1.54) is 17.8 Å². The summed E-state index contributed by atoms with van der Waals surface area (Å²) in [6, 6.07) is 12.6. The van der Waals surface area contributed by atoms with Crippen molar-refractivity contribution in [2.45, 2.75) is 24.6 Å². The molecule has 0 aromatic heterocycles. The van der Waals surface area contributed by atoms with Crippen LogP contribution in [0.15, 0.2) is 53.5 Å². The Hall–Kier alpha value is -2.67. The summed E-state index contributed by atoms with van der Waals surface area (Å²) in [6.45, 7) is 3.55. The minimum absolute atomic E-state index is 0.214. The number of aliphatic imine (C=N–C) groups is 1. The fraction of sp³-hybridized carbons (Fsp3) is 0.211. The van der Waals surface area contributed by atoms with Crippen LogP contribution in [0, 0.1) is 5.82 Å². The maximum absolute atomic E-state index is 13.9. The van der Waals surface area contributed by atoms with Crippen LogP contribution in [0.4, 0.5) is 4.39 Å². The van der Waals surface area contributed by atoms with Crippen LogP contribution < -0.4 is 11.1 Å². The summed E-state index contributed by atoms with van der Waals surface area (Å²) in [5, 5.41) is 3.20. The molecule has 0 saturated carbocycles. The van der Waals surface area contributed by atoms with Gasteiger partial charge >= 0.3 is 0 Å². The zero-order valence-corrected chi connectivity index (χ0v) is 15.1. The summed E-state index contributed by atoms with van der Waals surface area (Å²) >= 11 is 1.27. The number of halogens is 1. The molecule has 5 nitrogen and oxygen atoms in total. The zero-order valence-electron chi connectivity index (χ0n) is 14.3. The molecule has 3 N–H and O–H groups in total. The first kappa shape index (κ1) is 18.1. The number of nitrogens with one attached hydrogen (secondary N) is 1. The Bertz CT molecular complexity index is 898. The predicted molar refractivity (Wildman–Crippen MR) is 100 cm³/mol. The standard InChI is InChI=1S/C19H18FN3O2S/c1-11(14-5-3-4-6-15(14)20)22-18-23-17(25)19(2,26-18)13-9-7-12(8-10-13)16(21)24/h3-11H,1-2H3,(H2,21,24)(H,22,23,25)/t11-,19?/m0/s1. The molecule has 0 spiro atoms. The maximum atomic E-state index is 13.9. The lowest BCUT2D eigenvalue weighted by molar-refractivity contribution is -0.121. The van der Waals surface area contributed by atoms with Crippen molar-refractivity contribution < 1.29 is 14.0 Å². The van der Waals surface area contributed by atoms with Crippen LogP contribution in [-0.2, 0) is 9.54 Å². The lowest BCUT2D eigenvalue weighted by Crippen LogP contribution is -2.31. The highest BCUT2D eigenvalue weighted by molar-refractivity contribution is 8.15. The van der Waals surface area contributed by atoms with Crippen molar-refractivity contribution in [3.8, 4) is 0 Å². The summed E-state index contributed by atoms with van der Waals surface area (Å²) in [6.07, 6.45) is 0. The molecule has 2 aromatic rings. The van der Waals surface area contributed by atoms with Crippen LogP contribution >= 0.6 is 11.8 Å². The molecule has 1 fully saturated rings. The first-order chi connectivity index (χ1) is 12.3. The van der Waals surface area contributed by atoms with E-state index in [0.29, 0.717) is 16.3 Å². The molecule has 1 aliphatic heterocycles. The van der Waals surface area contributed by atoms with E-state index in [9.17, 15) is 14.0 Å². The highest BCUT2D eigenvalue weighted by Gasteiger charge is 2.44. The van der Waals surface area contributed by atoms with Crippen molar-refractivity contribution in [1.29, 1.82) is 0 Å². The van der Waals surface area contributed by atoms with Crippen LogP contribution in [0.2, 0.25) is 0 Å². The van der Waals surface area contributed by atoms with Gasteiger partial charge in [-0.05, 0) is 37.6 Å². The van der Waals surface area contributed by atoms with Crippen molar-refractivity contribution in [1.82, 2.24) is 5.32 Å². The van der Waals surface area contributed by atoms with E-state index in [4.69, 9.17) is 5.73 Å². The molecule has 1 aliphatic rings. The van der Waals surface area contributed by atoms with Gasteiger partial charge in [0.2, 0.25) is 11.8 Å². The molecule has 134 valence electrons. The minimum Gasteiger partial charge on any atom is -0.366 e. The fourth-order valence-corrected chi connectivity index (χ4v) is 3.88. The van der Waals surface area contributed by atoms with E-state index in [1.807, 2.05) is 0 Å². The van der Waals surface area contributed by atoms with Crippen molar-refractivity contribution in [2.24, 2.45) is 10.7 Å². The number of amidine groups is 1. The van der Waals surface area contributed by atoms with Gasteiger partial charge in [-0.25, -0.2) is 4.39 Å². The molecule has 7 heteroatoms. The summed E-state index contributed by atoms with van der Waals surface area (Å²) in [7, 11) is 0. The van der Waals surface area contributed by atoms with E-state index < -0.39 is 16.7 Å². The number of hydrogen-bond acceptors (Lipinski definition) is 4. The second-order valence-electron chi connectivity index (χ2n) is 6.16. The van der Waals surface area contributed by atoms with E-state index in [2.05, 4.69) is 10.3 Å². The maximum Gasteiger partial charge on any atom is 0.248 e. The van der Waals surface area contributed by atoms with Crippen molar-refractivity contribution >= 4 is 28.7 Å². The average molecular weight is 371 g/mol. The van der Waals surface area contributed by atoms with Gasteiger partial charge in [0.05, 0.1) is 6.04 Å².